The second kappa shape index (κ2) is 5.98. The quantitative estimate of drug-likeness (QED) is 0.613. The van der Waals surface area contributed by atoms with Gasteiger partial charge in [0.1, 0.15) is 17.3 Å². The number of nitro benzene ring substituents is 1. The summed E-state index contributed by atoms with van der Waals surface area (Å²) in [6.45, 7) is 3.91. The van der Waals surface area contributed by atoms with E-state index < -0.39 is 11.0 Å². The zero-order valence-electron chi connectivity index (χ0n) is 10.3. The Balaban J connectivity index is 2.96. The van der Waals surface area contributed by atoms with E-state index in [0.717, 1.165) is 0 Å². The van der Waals surface area contributed by atoms with Gasteiger partial charge in [-0.2, -0.15) is 5.26 Å². The van der Waals surface area contributed by atoms with Gasteiger partial charge in [-0.1, -0.05) is 19.9 Å². The fourth-order valence-electron chi connectivity index (χ4n) is 1.42. The van der Waals surface area contributed by atoms with Crippen molar-refractivity contribution in [3.05, 3.63) is 33.9 Å². The van der Waals surface area contributed by atoms with Crippen LogP contribution in [0.1, 0.15) is 19.4 Å². The average Bonchev–Trinajstić information content (AvgIpc) is 2.34. The van der Waals surface area contributed by atoms with Crippen LogP contribution < -0.4 is 5.32 Å². The van der Waals surface area contributed by atoms with Crippen LogP contribution in [0.4, 0.5) is 11.4 Å². The van der Waals surface area contributed by atoms with Crippen LogP contribution >= 0.6 is 0 Å². The van der Waals surface area contributed by atoms with E-state index in [1.807, 2.05) is 13.8 Å². The highest BCUT2D eigenvalue weighted by molar-refractivity contribution is 5.68. The van der Waals surface area contributed by atoms with Crippen LogP contribution in [0.15, 0.2) is 18.2 Å². The largest absolute Gasteiger partial charge is 0.391 e. The first-order valence-electron chi connectivity index (χ1n) is 5.56. The number of aliphatic hydroxyl groups excluding tert-OH is 1. The van der Waals surface area contributed by atoms with E-state index in [1.165, 1.54) is 12.1 Å². The minimum atomic E-state index is -0.602. The molecule has 18 heavy (non-hydrogen) atoms. The van der Waals surface area contributed by atoms with Gasteiger partial charge in [0.15, 0.2) is 0 Å². The molecule has 1 atom stereocenters. The molecule has 0 amide bonds. The molecule has 6 nitrogen and oxygen atoms in total. The molecule has 0 radical (unpaired) electrons. The van der Waals surface area contributed by atoms with Crippen molar-refractivity contribution < 1.29 is 10.0 Å². The minimum absolute atomic E-state index is 0.00374. The minimum Gasteiger partial charge on any atom is -0.391 e. The third-order valence-corrected chi connectivity index (χ3v) is 2.61. The van der Waals surface area contributed by atoms with E-state index in [1.54, 1.807) is 12.1 Å². The Hall–Kier alpha value is -2.13. The Morgan fingerprint density at radius 2 is 2.22 bits per heavy atom. The van der Waals surface area contributed by atoms with Crippen molar-refractivity contribution in [1.29, 1.82) is 5.26 Å². The number of aliphatic hydroxyl groups is 1. The van der Waals surface area contributed by atoms with Crippen LogP contribution in [0, 0.1) is 27.4 Å². The van der Waals surface area contributed by atoms with Crippen molar-refractivity contribution >= 4 is 11.4 Å². The summed E-state index contributed by atoms with van der Waals surface area (Å²) in [5.74, 6) is 0.0516. The number of hydrogen-bond donors (Lipinski definition) is 2. The molecule has 1 rings (SSSR count). The van der Waals surface area contributed by atoms with Crippen LogP contribution in [-0.2, 0) is 0 Å². The predicted molar refractivity (Wildman–Crippen MR) is 67.1 cm³/mol. The number of nitro groups is 1. The summed E-state index contributed by atoms with van der Waals surface area (Å²) < 4.78 is 0. The molecule has 0 saturated carbocycles. The fraction of sp³-hybridized carbons (Fsp3) is 0.417. The van der Waals surface area contributed by atoms with Gasteiger partial charge >= 0.3 is 5.69 Å². The van der Waals surface area contributed by atoms with Crippen LogP contribution in [0.25, 0.3) is 0 Å². The second-order valence-corrected chi connectivity index (χ2v) is 4.26. The molecule has 96 valence electrons. The van der Waals surface area contributed by atoms with Crippen LogP contribution in [0.5, 0.6) is 0 Å². The van der Waals surface area contributed by atoms with E-state index in [9.17, 15) is 15.2 Å². The third kappa shape index (κ3) is 3.18. The lowest BCUT2D eigenvalue weighted by Gasteiger charge is -2.16. The molecule has 6 heteroatoms. The van der Waals surface area contributed by atoms with Crippen LogP contribution in [0.3, 0.4) is 0 Å². The monoisotopic (exact) mass is 249 g/mol. The van der Waals surface area contributed by atoms with Crippen LogP contribution in [-0.4, -0.2) is 22.7 Å². The highest BCUT2D eigenvalue weighted by Crippen LogP contribution is 2.28. The maximum atomic E-state index is 10.9. The number of nitrogens with one attached hydrogen (secondary N) is 1. The average molecular weight is 249 g/mol. The lowest BCUT2D eigenvalue weighted by atomic mass is 10.1. The van der Waals surface area contributed by atoms with Crippen molar-refractivity contribution in [3.8, 4) is 6.07 Å². The summed E-state index contributed by atoms with van der Waals surface area (Å²) in [4.78, 5) is 10.3. The number of rotatable bonds is 5. The Morgan fingerprint density at radius 3 is 2.72 bits per heavy atom. The number of benzene rings is 1. The Kier molecular flexibility index (Phi) is 4.63. The molecule has 0 saturated heterocycles. The summed E-state index contributed by atoms with van der Waals surface area (Å²) in [5, 5.41) is 32.2. The van der Waals surface area contributed by atoms with Gasteiger partial charge in [0, 0.05) is 6.54 Å². The van der Waals surface area contributed by atoms with Gasteiger partial charge in [-0.3, -0.25) is 10.1 Å². The zero-order valence-corrected chi connectivity index (χ0v) is 10.3. The van der Waals surface area contributed by atoms with Gasteiger partial charge in [0.25, 0.3) is 0 Å². The van der Waals surface area contributed by atoms with E-state index in [2.05, 4.69) is 5.32 Å². The number of anilines is 1. The first-order chi connectivity index (χ1) is 8.47. The lowest BCUT2D eigenvalue weighted by Crippen LogP contribution is -2.25. The van der Waals surface area contributed by atoms with Crippen LogP contribution in [0.2, 0.25) is 0 Å². The summed E-state index contributed by atoms with van der Waals surface area (Å²) in [6, 6.07) is 6.26. The highest BCUT2D eigenvalue weighted by Gasteiger charge is 2.20. The van der Waals surface area contributed by atoms with Crippen molar-refractivity contribution in [2.24, 2.45) is 5.92 Å². The summed E-state index contributed by atoms with van der Waals surface area (Å²) in [5.41, 5.74) is -0.00116. The second-order valence-electron chi connectivity index (χ2n) is 4.26. The van der Waals surface area contributed by atoms with E-state index >= 15 is 0 Å². The standard InChI is InChI=1S/C12H15N3O3/c1-8(2)11(16)7-14-10-5-3-4-9(6-13)12(10)15(17)18/h3-5,8,11,14,16H,7H2,1-2H3. The smallest absolute Gasteiger partial charge is 0.309 e. The van der Waals surface area contributed by atoms with E-state index in [0.29, 0.717) is 0 Å². The van der Waals surface area contributed by atoms with Gasteiger partial charge in [-0.25, -0.2) is 0 Å². The lowest BCUT2D eigenvalue weighted by molar-refractivity contribution is -0.384. The zero-order chi connectivity index (χ0) is 13.7. The molecule has 1 aromatic rings. The fourth-order valence-corrected chi connectivity index (χ4v) is 1.42. The molecule has 1 aromatic carbocycles. The molecule has 0 aliphatic rings. The summed E-state index contributed by atoms with van der Waals surface area (Å²) in [6.07, 6.45) is -0.602. The Labute approximate surface area is 105 Å². The normalized spacial score (nSPS) is 11.9. The molecule has 1 unspecified atom stereocenters. The first-order valence-corrected chi connectivity index (χ1v) is 5.56. The van der Waals surface area contributed by atoms with Gasteiger partial charge in [0.05, 0.1) is 11.0 Å². The number of hydrogen-bond acceptors (Lipinski definition) is 5. The maximum Gasteiger partial charge on any atom is 0.309 e. The molecule has 0 aliphatic heterocycles. The molecule has 2 N–H and O–H groups in total. The Bertz CT molecular complexity index is 480. The van der Waals surface area contributed by atoms with Gasteiger partial charge in [-0.15, -0.1) is 0 Å². The summed E-state index contributed by atoms with van der Waals surface area (Å²) >= 11 is 0. The van der Waals surface area contributed by atoms with Crippen molar-refractivity contribution in [3.63, 3.8) is 0 Å². The maximum absolute atomic E-state index is 10.9. The molecule has 0 heterocycles. The third-order valence-electron chi connectivity index (χ3n) is 2.61. The topological polar surface area (TPSA) is 99.2 Å². The molecular weight excluding hydrogens is 234 g/mol. The Morgan fingerprint density at radius 1 is 1.56 bits per heavy atom. The number of nitriles is 1. The predicted octanol–water partition coefficient (Wildman–Crippen LogP) is 1.90. The molecule has 0 fully saturated rings. The first kappa shape index (κ1) is 13.9. The molecule has 0 aromatic heterocycles. The summed E-state index contributed by atoms with van der Waals surface area (Å²) in [7, 11) is 0. The molecule has 0 bridgehead atoms. The van der Waals surface area contributed by atoms with Gasteiger partial charge in [0.2, 0.25) is 0 Å². The van der Waals surface area contributed by atoms with E-state index in [4.69, 9.17) is 5.26 Å². The SMILES string of the molecule is CC(C)C(O)CNc1cccc(C#N)c1[N+](=O)[O-]. The molecular formula is C12H15N3O3. The number of para-hydroxylation sites is 1. The highest BCUT2D eigenvalue weighted by atomic mass is 16.6. The van der Waals surface area contributed by atoms with Crippen molar-refractivity contribution in [2.75, 3.05) is 11.9 Å². The van der Waals surface area contributed by atoms with Gasteiger partial charge < -0.3 is 10.4 Å². The number of nitrogens with zero attached hydrogens (tertiary/aromatic N) is 2. The van der Waals surface area contributed by atoms with Gasteiger partial charge in [-0.05, 0) is 18.1 Å². The molecule has 0 spiro atoms. The van der Waals surface area contributed by atoms with Crippen molar-refractivity contribution in [1.82, 2.24) is 0 Å². The molecule has 0 aliphatic carbocycles. The van der Waals surface area contributed by atoms with Crippen molar-refractivity contribution in [2.45, 2.75) is 20.0 Å². The van der Waals surface area contributed by atoms with E-state index in [-0.39, 0.29) is 29.4 Å².